The number of rotatable bonds is 5. The zero-order valence-corrected chi connectivity index (χ0v) is 10.7. The second-order valence-corrected chi connectivity index (χ2v) is 5.42. The molecule has 0 bridgehead atoms. The lowest BCUT2D eigenvalue weighted by Crippen LogP contribution is -2.30. The summed E-state index contributed by atoms with van der Waals surface area (Å²) in [5, 5.41) is 0. The standard InChI is InChI=1S/C11H16N2O3S/c1-3-13(4-2)17(15,16)10-7-5-6-9(8-10)11(12)14/h5-8H,3-4H2,1-2H3,(H2,12,14). The predicted octanol–water partition coefficient (Wildman–Crippen LogP) is 0.816. The van der Waals surface area contributed by atoms with Crippen LogP contribution in [0.4, 0.5) is 0 Å². The Kier molecular flexibility index (Phi) is 4.25. The summed E-state index contributed by atoms with van der Waals surface area (Å²) in [7, 11) is -3.53. The number of carbonyl (C=O) groups is 1. The second-order valence-electron chi connectivity index (χ2n) is 3.48. The molecule has 1 amide bonds. The fourth-order valence-electron chi connectivity index (χ4n) is 1.52. The minimum atomic E-state index is -3.53. The summed E-state index contributed by atoms with van der Waals surface area (Å²) in [6, 6.07) is 5.76. The van der Waals surface area contributed by atoms with E-state index in [9.17, 15) is 13.2 Å². The van der Waals surface area contributed by atoms with Crippen LogP contribution in [0.2, 0.25) is 0 Å². The summed E-state index contributed by atoms with van der Waals surface area (Å²) in [4.78, 5) is 11.1. The minimum Gasteiger partial charge on any atom is -0.366 e. The number of nitrogens with zero attached hydrogens (tertiary/aromatic N) is 1. The van der Waals surface area contributed by atoms with Gasteiger partial charge in [-0.15, -0.1) is 0 Å². The first kappa shape index (κ1) is 13.7. The van der Waals surface area contributed by atoms with Gasteiger partial charge in [-0.2, -0.15) is 4.31 Å². The Labute approximate surface area is 101 Å². The number of primary amides is 1. The highest BCUT2D eigenvalue weighted by Crippen LogP contribution is 2.16. The van der Waals surface area contributed by atoms with E-state index in [1.807, 2.05) is 0 Å². The number of hydrogen-bond acceptors (Lipinski definition) is 3. The Hall–Kier alpha value is -1.40. The first-order chi connectivity index (χ1) is 7.93. The largest absolute Gasteiger partial charge is 0.366 e. The van der Waals surface area contributed by atoms with E-state index < -0.39 is 15.9 Å². The number of nitrogens with two attached hydrogens (primary N) is 1. The molecular weight excluding hydrogens is 240 g/mol. The molecule has 1 aromatic rings. The highest BCUT2D eigenvalue weighted by Gasteiger charge is 2.21. The maximum absolute atomic E-state index is 12.1. The fourth-order valence-corrected chi connectivity index (χ4v) is 3.03. The van der Waals surface area contributed by atoms with E-state index in [4.69, 9.17) is 5.73 Å². The lowest BCUT2D eigenvalue weighted by molar-refractivity contribution is 0.1000. The Morgan fingerprint density at radius 3 is 2.35 bits per heavy atom. The molecule has 0 spiro atoms. The third-order valence-electron chi connectivity index (χ3n) is 2.46. The van der Waals surface area contributed by atoms with Gasteiger partial charge in [0.15, 0.2) is 0 Å². The molecule has 6 heteroatoms. The number of amides is 1. The maximum Gasteiger partial charge on any atom is 0.248 e. The molecule has 0 aromatic heterocycles. The predicted molar refractivity (Wildman–Crippen MR) is 65.1 cm³/mol. The molecule has 1 aromatic carbocycles. The van der Waals surface area contributed by atoms with Crippen molar-refractivity contribution < 1.29 is 13.2 Å². The highest BCUT2D eigenvalue weighted by atomic mass is 32.2. The average molecular weight is 256 g/mol. The molecule has 0 aliphatic carbocycles. The Balaban J connectivity index is 3.24. The van der Waals surface area contributed by atoms with Crippen LogP contribution in [0.15, 0.2) is 29.2 Å². The van der Waals surface area contributed by atoms with Crippen molar-refractivity contribution in [2.75, 3.05) is 13.1 Å². The van der Waals surface area contributed by atoms with Crippen molar-refractivity contribution in [3.05, 3.63) is 29.8 Å². The minimum absolute atomic E-state index is 0.0949. The molecule has 0 aliphatic heterocycles. The molecule has 2 N–H and O–H groups in total. The van der Waals surface area contributed by atoms with Gasteiger partial charge in [0.1, 0.15) is 0 Å². The second kappa shape index (κ2) is 5.29. The monoisotopic (exact) mass is 256 g/mol. The molecular formula is C11H16N2O3S. The number of sulfonamides is 1. The van der Waals surface area contributed by atoms with Gasteiger partial charge in [-0.3, -0.25) is 4.79 Å². The third kappa shape index (κ3) is 2.83. The quantitative estimate of drug-likeness (QED) is 0.846. The smallest absolute Gasteiger partial charge is 0.248 e. The first-order valence-electron chi connectivity index (χ1n) is 5.33. The van der Waals surface area contributed by atoms with Crippen LogP contribution in [0.5, 0.6) is 0 Å². The number of hydrogen-bond donors (Lipinski definition) is 1. The Morgan fingerprint density at radius 2 is 1.88 bits per heavy atom. The van der Waals surface area contributed by atoms with Crippen LogP contribution in [0, 0.1) is 0 Å². The van der Waals surface area contributed by atoms with Gasteiger partial charge < -0.3 is 5.73 Å². The van der Waals surface area contributed by atoms with Gasteiger partial charge in [0.2, 0.25) is 15.9 Å². The molecule has 0 fully saturated rings. The van der Waals surface area contributed by atoms with Crippen molar-refractivity contribution >= 4 is 15.9 Å². The van der Waals surface area contributed by atoms with E-state index in [2.05, 4.69) is 0 Å². The van der Waals surface area contributed by atoms with Crippen molar-refractivity contribution in [2.45, 2.75) is 18.7 Å². The molecule has 17 heavy (non-hydrogen) atoms. The van der Waals surface area contributed by atoms with Crippen molar-refractivity contribution in [1.82, 2.24) is 4.31 Å². The van der Waals surface area contributed by atoms with Gasteiger partial charge in [-0.05, 0) is 18.2 Å². The van der Waals surface area contributed by atoms with Crippen LogP contribution < -0.4 is 5.73 Å². The van der Waals surface area contributed by atoms with E-state index in [-0.39, 0.29) is 10.5 Å². The van der Waals surface area contributed by atoms with Crippen molar-refractivity contribution in [3.63, 3.8) is 0 Å². The van der Waals surface area contributed by atoms with E-state index in [0.29, 0.717) is 13.1 Å². The molecule has 0 saturated carbocycles. The van der Waals surface area contributed by atoms with Gasteiger partial charge >= 0.3 is 0 Å². The van der Waals surface area contributed by atoms with Crippen LogP contribution >= 0.6 is 0 Å². The van der Waals surface area contributed by atoms with E-state index in [1.54, 1.807) is 13.8 Å². The average Bonchev–Trinajstić information content (AvgIpc) is 2.30. The molecule has 0 atom stereocenters. The van der Waals surface area contributed by atoms with Crippen LogP contribution in [-0.2, 0) is 10.0 Å². The summed E-state index contributed by atoms with van der Waals surface area (Å²) in [5.74, 6) is -0.637. The summed E-state index contributed by atoms with van der Waals surface area (Å²) in [6.07, 6.45) is 0. The van der Waals surface area contributed by atoms with Crippen molar-refractivity contribution in [3.8, 4) is 0 Å². The molecule has 5 nitrogen and oxygen atoms in total. The zero-order valence-electron chi connectivity index (χ0n) is 9.88. The number of carbonyl (C=O) groups excluding carboxylic acids is 1. The van der Waals surface area contributed by atoms with E-state index in [1.165, 1.54) is 28.6 Å². The summed E-state index contributed by atoms with van der Waals surface area (Å²) in [6.45, 7) is 4.30. The highest BCUT2D eigenvalue weighted by molar-refractivity contribution is 7.89. The maximum atomic E-state index is 12.1. The normalized spacial score (nSPS) is 11.7. The lowest BCUT2D eigenvalue weighted by Gasteiger charge is -2.18. The summed E-state index contributed by atoms with van der Waals surface area (Å²) in [5.41, 5.74) is 5.31. The van der Waals surface area contributed by atoms with E-state index >= 15 is 0 Å². The molecule has 94 valence electrons. The molecule has 1 rings (SSSR count). The summed E-state index contributed by atoms with van der Waals surface area (Å²) >= 11 is 0. The third-order valence-corrected chi connectivity index (χ3v) is 4.51. The van der Waals surface area contributed by atoms with E-state index in [0.717, 1.165) is 0 Å². The Bertz CT molecular complexity index is 507. The van der Waals surface area contributed by atoms with Gasteiger partial charge in [-0.25, -0.2) is 8.42 Å². The topological polar surface area (TPSA) is 80.5 Å². The van der Waals surface area contributed by atoms with Crippen molar-refractivity contribution in [2.24, 2.45) is 5.73 Å². The zero-order chi connectivity index (χ0) is 13.1. The van der Waals surface area contributed by atoms with Gasteiger partial charge in [0.25, 0.3) is 0 Å². The van der Waals surface area contributed by atoms with Crippen LogP contribution in [-0.4, -0.2) is 31.7 Å². The van der Waals surface area contributed by atoms with Crippen molar-refractivity contribution in [1.29, 1.82) is 0 Å². The molecule has 0 aliphatic rings. The van der Waals surface area contributed by atoms with Gasteiger partial charge in [0.05, 0.1) is 4.90 Å². The fraction of sp³-hybridized carbons (Fsp3) is 0.364. The van der Waals surface area contributed by atoms with Crippen LogP contribution in [0.25, 0.3) is 0 Å². The number of benzene rings is 1. The molecule has 0 unspecified atom stereocenters. The molecule has 0 saturated heterocycles. The molecule has 0 heterocycles. The molecule has 0 radical (unpaired) electrons. The lowest BCUT2D eigenvalue weighted by atomic mass is 10.2. The van der Waals surface area contributed by atoms with Gasteiger partial charge in [0, 0.05) is 18.7 Å². The van der Waals surface area contributed by atoms with Crippen LogP contribution in [0.3, 0.4) is 0 Å². The first-order valence-corrected chi connectivity index (χ1v) is 6.77. The Morgan fingerprint density at radius 1 is 1.29 bits per heavy atom. The SMILES string of the molecule is CCN(CC)S(=O)(=O)c1cccc(C(N)=O)c1. The van der Waals surface area contributed by atoms with Crippen LogP contribution in [0.1, 0.15) is 24.2 Å². The van der Waals surface area contributed by atoms with Gasteiger partial charge in [-0.1, -0.05) is 19.9 Å². The summed E-state index contributed by atoms with van der Waals surface area (Å²) < 4.78 is 25.6.